The molecule has 0 radical (unpaired) electrons. The topological polar surface area (TPSA) is 80.9 Å². The largest absolute Gasteiger partial charge is 0.403 e. The number of anilines is 1. The normalized spacial score (nSPS) is 10.9. The van der Waals surface area contributed by atoms with Gasteiger partial charge in [0.05, 0.1) is 16.8 Å². The number of carbonyl (C=O) groups is 1. The first kappa shape index (κ1) is 19.0. The lowest BCUT2D eigenvalue weighted by Gasteiger charge is -2.09. The van der Waals surface area contributed by atoms with Crippen LogP contribution >= 0.6 is 11.6 Å². The molecule has 0 unspecified atom stereocenters. The summed E-state index contributed by atoms with van der Waals surface area (Å²) in [6.45, 7) is 0. The SMILES string of the molecule is O=C(Nc1nnc(-c2ccccc2)o1)c1cc(-c2ccccc2)nc2ccc(Cl)cc12. The molecule has 2 aromatic heterocycles. The number of carbonyl (C=O) groups excluding carboxylic acids is 1. The molecule has 0 aliphatic rings. The van der Waals surface area contributed by atoms with Crippen molar-refractivity contribution in [2.45, 2.75) is 0 Å². The van der Waals surface area contributed by atoms with Crippen molar-refractivity contribution in [3.63, 3.8) is 0 Å². The first-order valence-corrected chi connectivity index (χ1v) is 9.91. The Kier molecular flexibility index (Phi) is 4.90. The van der Waals surface area contributed by atoms with Crippen LogP contribution in [0, 0.1) is 0 Å². The third-order valence-corrected chi connectivity index (χ3v) is 4.99. The number of nitrogens with one attached hydrogen (secondary N) is 1. The maximum Gasteiger partial charge on any atom is 0.322 e. The molecule has 3 aromatic carbocycles. The van der Waals surface area contributed by atoms with Gasteiger partial charge in [0.15, 0.2) is 0 Å². The van der Waals surface area contributed by atoms with Gasteiger partial charge in [0.1, 0.15) is 0 Å². The Balaban J connectivity index is 1.53. The van der Waals surface area contributed by atoms with Crippen molar-refractivity contribution in [2.24, 2.45) is 0 Å². The summed E-state index contributed by atoms with van der Waals surface area (Å²) >= 11 is 6.18. The van der Waals surface area contributed by atoms with Crippen LogP contribution in [0.25, 0.3) is 33.6 Å². The number of amides is 1. The molecule has 6 nitrogen and oxygen atoms in total. The molecule has 0 saturated carbocycles. The molecule has 7 heteroatoms. The summed E-state index contributed by atoms with van der Waals surface area (Å²) in [4.78, 5) is 17.8. The molecule has 0 spiro atoms. The molecule has 5 rings (SSSR count). The van der Waals surface area contributed by atoms with E-state index in [-0.39, 0.29) is 6.01 Å². The zero-order chi connectivity index (χ0) is 21.2. The predicted molar refractivity (Wildman–Crippen MR) is 120 cm³/mol. The van der Waals surface area contributed by atoms with E-state index in [1.807, 2.05) is 60.7 Å². The Labute approximate surface area is 182 Å². The Morgan fingerprint density at radius 1 is 0.839 bits per heavy atom. The monoisotopic (exact) mass is 426 g/mol. The molecule has 1 amide bonds. The summed E-state index contributed by atoms with van der Waals surface area (Å²) in [5, 5.41) is 11.8. The van der Waals surface area contributed by atoms with Gasteiger partial charge in [0.2, 0.25) is 5.89 Å². The third kappa shape index (κ3) is 3.89. The summed E-state index contributed by atoms with van der Waals surface area (Å²) in [5.41, 5.74) is 3.41. The lowest BCUT2D eigenvalue weighted by molar-refractivity contribution is 0.102. The van der Waals surface area contributed by atoms with E-state index in [9.17, 15) is 4.79 Å². The Hall–Kier alpha value is -4.03. The average molecular weight is 427 g/mol. The van der Waals surface area contributed by atoms with Gasteiger partial charge in [-0.3, -0.25) is 10.1 Å². The van der Waals surface area contributed by atoms with E-state index in [2.05, 4.69) is 15.5 Å². The van der Waals surface area contributed by atoms with Crippen molar-refractivity contribution < 1.29 is 9.21 Å². The molecule has 0 aliphatic carbocycles. The highest BCUT2D eigenvalue weighted by molar-refractivity contribution is 6.31. The van der Waals surface area contributed by atoms with Crippen LogP contribution < -0.4 is 5.32 Å². The van der Waals surface area contributed by atoms with Crippen LogP contribution in [0.2, 0.25) is 5.02 Å². The zero-order valence-corrected chi connectivity index (χ0v) is 16.9. The fourth-order valence-corrected chi connectivity index (χ4v) is 3.45. The van der Waals surface area contributed by atoms with E-state index in [0.717, 1.165) is 11.1 Å². The minimum Gasteiger partial charge on any atom is -0.403 e. The Morgan fingerprint density at radius 2 is 1.55 bits per heavy atom. The number of nitrogens with zero attached hydrogens (tertiary/aromatic N) is 3. The first-order chi connectivity index (χ1) is 15.2. The molecule has 0 aliphatic heterocycles. The molecule has 0 atom stereocenters. The molecule has 1 N–H and O–H groups in total. The number of hydrogen-bond donors (Lipinski definition) is 1. The van der Waals surface area contributed by atoms with Crippen LogP contribution in [0.5, 0.6) is 0 Å². The van der Waals surface area contributed by atoms with Crippen molar-refractivity contribution in [1.82, 2.24) is 15.2 Å². The number of pyridine rings is 1. The maximum atomic E-state index is 13.2. The van der Waals surface area contributed by atoms with E-state index < -0.39 is 5.91 Å². The fraction of sp³-hybridized carbons (Fsp3) is 0. The number of rotatable bonds is 4. The summed E-state index contributed by atoms with van der Waals surface area (Å²) in [5.74, 6) is -0.0707. The lowest BCUT2D eigenvalue weighted by Crippen LogP contribution is -2.13. The van der Waals surface area contributed by atoms with Gasteiger partial charge in [-0.1, -0.05) is 65.2 Å². The second kappa shape index (κ2) is 8.01. The first-order valence-electron chi connectivity index (χ1n) is 9.53. The highest BCUT2D eigenvalue weighted by Crippen LogP contribution is 2.28. The van der Waals surface area contributed by atoms with Gasteiger partial charge in [0.25, 0.3) is 5.91 Å². The third-order valence-electron chi connectivity index (χ3n) is 4.75. The summed E-state index contributed by atoms with van der Waals surface area (Å²) in [6, 6.07) is 26.0. The smallest absolute Gasteiger partial charge is 0.322 e. The van der Waals surface area contributed by atoms with Crippen molar-refractivity contribution in [1.29, 1.82) is 0 Å². The quantitative estimate of drug-likeness (QED) is 0.389. The second-order valence-corrected chi connectivity index (χ2v) is 7.25. The van der Waals surface area contributed by atoms with E-state index in [0.29, 0.717) is 33.1 Å². The zero-order valence-electron chi connectivity index (χ0n) is 16.1. The van der Waals surface area contributed by atoms with Gasteiger partial charge >= 0.3 is 6.01 Å². The van der Waals surface area contributed by atoms with Crippen molar-refractivity contribution in [3.05, 3.63) is 95.5 Å². The average Bonchev–Trinajstić information content (AvgIpc) is 3.28. The van der Waals surface area contributed by atoms with Gasteiger partial charge in [-0.2, -0.15) is 0 Å². The van der Waals surface area contributed by atoms with Crippen LogP contribution in [0.1, 0.15) is 10.4 Å². The van der Waals surface area contributed by atoms with Crippen LogP contribution in [0.15, 0.2) is 89.3 Å². The van der Waals surface area contributed by atoms with E-state index >= 15 is 0 Å². The number of fused-ring (bicyclic) bond motifs is 1. The molecule has 5 aromatic rings. The molecule has 31 heavy (non-hydrogen) atoms. The highest BCUT2D eigenvalue weighted by Gasteiger charge is 2.17. The molecule has 0 fully saturated rings. The van der Waals surface area contributed by atoms with Crippen molar-refractivity contribution >= 4 is 34.4 Å². The molecular weight excluding hydrogens is 412 g/mol. The van der Waals surface area contributed by atoms with E-state index in [4.69, 9.17) is 21.0 Å². The molecular formula is C24H15ClN4O2. The van der Waals surface area contributed by atoms with Crippen molar-refractivity contribution in [3.8, 4) is 22.7 Å². The van der Waals surface area contributed by atoms with Gasteiger partial charge in [-0.15, -0.1) is 5.10 Å². The van der Waals surface area contributed by atoms with E-state index in [1.54, 1.807) is 24.3 Å². The highest BCUT2D eigenvalue weighted by atomic mass is 35.5. The van der Waals surface area contributed by atoms with Gasteiger partial charge in [-0.25, -0.2) is 4.98 Å². The van der Waals surface area contributed by atoms with Gasteiger partial charge in [-0.05, 0) is 36.4 Å². The van der Waals surface area contributed by atoms with Gasteiger partial charge in [0, 0.05) is 21.5 Å². The molecule has 0 saturated heterocycles. The summed E-state index contributed by atoms with van der Waals surface area (Å²) < 4.78 is 5.62. The number of halogens is 1. The van der Waals surface area contributed by atoms with Crippen molar-refractivity contribution in [2.75, 3.05) is 5.32 Å². The number of hydrogen-bond acceptors (Lipinski definition) is 5. The standard InChI is InChI=1S/C24H15ClN4O2/c25-17-11-12-20-18(13-17)19(14-21(26-20)15-7-3-1-4-8-15)22(30)27-24-29-28-23(31-24)16-9-5-2-6-10-16/h1-14H,(H,27,29,30). The van der Waals surface area contributed by atoms with Gasteiger partial charge < -0.3 is 4.42 Å². The van der Waals surface area contributed by atoms with Crippen LogP contribution in [-0.4, -0.2) is 21.1 Å². The van der Waals surface area contributed by atoms with E-state index in [1.165, 1.54) is 0 Å². The van der Waals surface area contributed by atoms with Crippen LogP contribution in [0.3, 0.4) is 0 Å². The Morgan fingerprint density at radius 3 is 2.29 bits per heavy atom. The van der Waals surface area contributed by atoms with Crippen LogP contribution in [0.4, 0.5) is 6.01 Å². The van der Waals surface area contributed by atoms with Crippen LogP contribution in [-0.2, 0) is 0 Å². The molecule has 0 bridgehead atoms. The lowest BCUT2D eigenvalue weighted by atomic mass is 10.0. The molecule has 150 valence electrons. The fourth-order valence-electron chi connectivity index (χ4n) is 3.28. The summed E-state index contributed by atoms with van der Waals surface area (Å²) in [6.07, 6.45) is 0. The minimum absolute atomic E-state index is 0.0112. The molecule has 2 heterocycles. The second-order valence-electron chi connectivity index (χ2n) is 6.82. The maximum absolute atomic E-state index is 13.2. The summed E-state index contributed by atoms with van der Waals surface area (Å²) in [7, 11) is 0. The number of aromatic nitrogens is 3. The predicted octanol–water partition coefficient (Wildman–Crippen LogP) is 5.86. The number of benzene rings is 3. The minimum atomic E-state index is -0.393. The Bertz CT molecular complexity index is 1390.